The molecule has 1 fully saturated rings. The number of ether oxygens (including phenoxy) is 4. The second-order valence-corrected chi connectivity index (χ2v) is 6.35. The Morgan fingerprint density at radius 1 is 1.23 bits per heavy atom. The molecule has 0 spiro atoms. The molecule has 6 heteroatoms. The van der Waals surface area contributed by atoms with Gasteiger partial charge in [0.2, 0.25) is 0 Å². The van der Waals surface area contributed by atoms with E-state index in [0.717, 1.165) is 23.5 Å². The molecule has 2 aromatic rings. The zero-order valence-corrected chi connectivity index (χ0v) is 15.4. The van der Waals surface area contributed by atoms with Crippen molar-refractivity contribution in [1.29, 1.82) is 0 Å². The van der Waals surface area contributed by atoms with Gasteiger partial charge < -0.3 is 23.8 Å². The van der Waals surface area contributed by atoms with E-state index in [1.807, 2.05) is 12.3 Å². The molecular weight excluding hydrogens is 332 g/mol. The predicted octanol–water partition coefficient (Wildman–Crippen LogP) is 2.79. The van der Waals surface area contributed by atoms with Gasteiger partial charge in [-0.1, -0.05) is 29.8 Å². The lowest BCUT2D eigenvalue weighted by Gasteiger charge is -2.37. The third kappa shape index (κ3) is 5.17. The Hall–Kier alpha value is -2.15. The standard InChI is InChI=1S/C20H26N2O4/c1-16-3-5-17(6-4-16)12-26-20-9-18(10-21-11-20)22-7-8-24-13-19(22)14-25-15-23-2/h3-6,9-11,19H,7-8,12-15H2,1-2H3/t19-/m0/s1. The molecule has 1 aliphatic rings. The summed E-state index contributed by atoms with van der Waals surface area (Å²) in [5, 5.41) is 0. The van der Waals surface area contributed by atoms with E-state index >= 15 is 0 Å². The van der Waals surface area contributed by atoms with Gasteiger partial charge in [-0.2, -0.15) is 0 Å². The van der Waals surface area contributed by atoms with Crippen molar-refractivity contribution in [3.05, 3.63) is 53.9 Å². The van der Waals surface area contributed by atoms with Crippen LogP contribution in [0.25, 0.3) is 0 Å². The molecule has 0 radical (unpaired) electrons. The highest BCUT2D eigenvalue weighted by Gasteiger charge is 2.24. The monoisotopic (exact) mass is 358 g/mol. The highest BCUT2D eigenvalue weighted by atomic mass is 16.7. The smallest absolute Gasteiger partial charge is 0.146 e. The molecule has 0 unspecified atom stereocenters. The maximum Gasteiger partial charge on any atom is 0.146 e. The van der Waals surface area contributed by atoms with Gasteiger partial charge in [0, 0.05) is 19.7 Å². The summed E-state index contributed by atoms with van der Waals surface area (Å²) >= 11 is 0. The second kappa shape index (κ2) is 9.52. The summed E-state index contributed by atoms with van der Waals surface area (Å²) in [7, 11) is 1.62. The van der Waals surface area contributed by atoms with E-state index in [4.69, 9.17) is 18.9 Å². The van der Waals surface area contributed by atoms with Crippen molar-refractivity contribution in [2.24, 2.45) is 0 Å². The van der Waals surface area contributed by atoms with Crippen LogP contribution in [0.3, 0.4) is 0 Å². The molecule has 3 rings (SSSR count). The number of anilines is 1. The van der Waals surface area contributed by atoms with Crippen LogP contribution < -0.4 is 9.64 Å². The minimum Gasteiger partial charge on any atom is -0.487 e. The number of morpholine rings is 1. The van der Waals surface area contributed by atoms with Gasteiger partial charge in [-0.3, -0.25) is 4.98 Å². The molecule has 0 N–H and O–H groups in total. The number of benzene rings is 1. The number of methoxy groups -OCH3 is 1. The lowest BCUT2D eigenvalue weighted by Crippen LogP contribution is -2.48. The van der Waals surface area contributed by atoms with Crippen LogP contribution in [0.1, 0.15) is 11.1 Å². The lowest BCUT2D eigenvalue weighted by atomic mass is 10.2. The minimum atomic E-state index is 0.132. The van der Waals surface area contributed by atoms with Gasteiger partial charge in [-0.05, 0) is 12.5 Å². The number of nitrogens with zero attached hydrogens (tertiary/aromatic N) is 2. The van der Waals surface area contributed by atoms with Crippen molar-refractivity contribution in [3.63, 3.8) is 0 Å². The summed E-state index contributed by atoms with van der Waals surface area (Å²) in [5.41, 5.74) is 3.39. The Kier molecular flexibility index (Phi) is 6.82. The molecule has 0 saturated carbocycles. The van der Waals surface area contributed by atoms with E-state index in [1.54, 1.807) is 13.3 Å². The Balaban J connectivity index is 1.63. The number of hydrogen-bond acceptors (Lipinski definition) is 6. The van der Waals surface area contributed by atoms with Crippen molar-refractivity contribution < 1.29 is 18.9 Å². The molecule has 1 saturated heterocycles. The molecule has 1 aliphatic heterocycles. The van der Waals surface area contributed by atoms with E-state index in [-0.39, 0.29) is 12.8 Å². The first-order chi connectivity index (χ1) is 12.8. The Labute approximate surface area is 154 Å². The zero-order valence-electron chi connectivity index (χ0n) is 15.4. The lowest BCUT2D eigenvalue weighted by molar-refractivity contribution is -0.0474. The highest BCUT2D eigenvalue weighted by Crippen LogP contribution is 2.24. The van der Waals surface area contributed by atoms with Gasteiger partial charge in [0.1, 0.15) is 19.1 Å². The van der Waals surface area contributed by atoms with E-state index in [0.29, 0.717) is 26.4 Å². The molecule has 1 aromatic heterocycles. The van der Waals surface area contributed by atoms with E-state index in [9.17, 15) is 0 Å². The summed E-state index contributed by atoms with van der Waals surface area (Å²) in [6, 6.07) is 10.5. The summed E-state index contributed by atoms with van der Waals surface area (Å²) in [6.07, 6.45) is 3.60. The summed E-state index contributed by atoms with van der Waals surface area (Å²) < 4.78 is 22.0. The van der Waals surface area contributed by atoms with Gasteiger partial charge in [0.05, 0.1) is 43.9 Å². The molecule has 0 bridgehead atoms. The topological polar surface area (TPSA) is 53.0 Å². The maximum atomic E-state index is 5.93. The predicted molar refractivity (Wildman–Crippen MR) is 99.5 cm³/mol. The van der Waals surface area contributed by atoms with Crippen molar-refractivity contribution in [2.75, 3.05) is 45.2 Å². The summed E-state index contributed by atoms with van der Waals surface area (Å²) in [6.45, 7) is 5.53. The second-order valence-electron chi connectivity index (χ2n) is 6.35. The largest absolute Gasteiger partial charge is 0.487 e. The van der Waals surface area contributed by atoms with Crippen LogP contribution in [0.5, 0.6) is 5.75 Å². The van der Waals surface area contributed by atoms with Crippen LogP contribution >= 0.6 is 0 Å². The Morgan fingerprint density at radius 2 is 2.08 bits per heavy atom. The fourth-order valence-electron chi connectivity index (χ4n) is 2.89. The molecule has 2 heterocycles. The molecule has 26 heavy (non-hydrogen) atoms. The molecule has 6 nitrogen and oxygen atoms in total. The van der Waals surface area contributed by atoms with Gasteiger partial charge in [-0.15, -0.1) is 0 Å². The fraction of sp³-hybridized carbons (Fsp3) is 0.450. The van der Waals surface area contributed by atoms with Crippen LogP contribution in [0.2, 0.25) is 0 Å². The van der Waals surface area contributed by atoms with Crippen LogP contribution in [-0.4, -0.2) is 51.3 Å². The fourth-order valence-corrected chi connectivity index (χ4v) is 2.89. The molecule has 0 amide bonds. The quantitative estimate of drug-likeness (QED) is 0.534. The molecule has 0 aliphatic carbocycles. The third-order valence-corrected chi connectivity index (χ3v) is 4.30. The van der Waals surface area contributed by atoms with Crippen LogP contribution in [-0.2, 0) is 20.8 Å². The van der Waals surface area contributed by atoms with E-state index < -0.39 is 0 Å². The van der Waals surface area contributed by atoms with Crippen molar-refractivity contribution in [1.82, 2.24) is 4.98 Å². The van der Waals surface area contributed by atoms with Crippen LogP contribution in [0.4, 0.5) is 5.69 Å². The van der Waals surface area contributed by atoms with Crippen LogP contribution in [0, 0.1) is 6.92 Å². The van der Waals surface area contributed by atoms with E-state index in [2.05, 4.69) is 41.1 Å². The summed E-state index contributed by atoms with van der Waals surface area (Å²) in [4.78, 5) is 6.60. The Bertz CT molecular complexity index is 678. The van der Waals surface area contributed by atoms with Crippen molar-refractivity contribution in [3.8, 4) is 5.75 Å². The van der Waals surface area contributed by atoms with Gasteiger partial charge in [0.25, 0.3) is 0 Å². The average molecular weight is 358 g/mol. The normalized spacial score (nSPS) is 17.3. The zero-order chi connectivity index (χ0) is 18.2. The average Bonchev–Trinajstić information content (AvgIpc) is 2.68. The maximum absolute atomic E-state index is 5.93. The van der Waals surface area contributed by atoms with E-state index in [1.165, 1.54) is 5.56 Å². The SMILES string of the molecule is COCOC[C@@H]1COCCN1c1cncc(OCc2ccc(C)cc2)c1. The first-order valence-electron chi connectivity index (χ1n) is 8.80. The van der Waals surface area contributed by atoms with Gasteiger partial charge >= 0.3 is 0 Å². The number of aryl methyl sites for hydroxylation is 1. The molecule has 1 aromatic carbocycles. The number of pyridine rings is 1. The minimum absolute atomic E-state index is 0.132. The van der Waals surface area contributed by atoms with Crippen molar-refractivity contribution in [2.45, 2.75) is 19.6 Å². The highest BCUT2D eigenvalue weighted by molar-refractivity contribution is 5.49. The number of hydrogen-bond donors (Lipinski definition) is 0. The van der Waals surface area contributed by atoms with Gasteiger partial charge in [-0.25, -0.2) is 0 Å². The number of aromatic nitrogens is 1. The molecular formula is C20H26N2O4. The Morgan fingerprint density at radius 3 is 2.88 bits per heavy atom. The summed E-state index contributed by atoms with van der Waals surface area (Å²) in [5.74, 6) is 0.756. The van der Waals surface area contributed by atoms with Crippen LogP contribution in [0.15, 0.2) is 42.7 Å². The first-order valence-corrected chi connectivity index (χ1v) is 8.80. The molecule has 1 atom stereocenters. The molecule has 140 valence electrons. The van der Waals surface area contributed by atoms with Crippen molar-refractivity contribution >= 4 is 5.69 Å². The third-order valence-electron chi connectivity index (χ3n) is 4.30. The number of rotatable bonds is 8. The van der Waals surface area contributed by atoms with Gasteiger partial charge in [0.15, 0.2) is 0 Å². The first kappa shape index (κ1) is 18.6.